The van der Waals surface area contributed by atoms with E-state index >= 15 is 0 Å². The molecule has 0 radical (unpaired) electrons. The first-order valence-electron chi connectivity index (χ1n) is 12.3. The number of nitrogens with zero attached hydrogens (tertiary/aromatic N) is 1. The largest absolute Gasteiger partial charge is 0.418 e. The van der Waals surface area contributed by atoms with Crippen LogP contribution in [0.25, 0.3) is 0 Å². The molecular weight excluding hydrogens is 411 g/mol. The number of rotatable bonds is 18. The van der Waals surface area contributed by atoms with E-state index < -0.39 is 24.8 Å². The van der Waals surface area contributed by atoms with Gasteiger partial charge < -0.3 is 8.66 Å². The zero-order valence-corrected chi connectivity index (χ0v) is 24.8. The van der Waals surface area contributed by atoms with Gasteiger partial charge in [0, 0.05) is 6.61 Å². The summed E-state index contributed by atoms with van der Waals surface area (Å²) >= 11 is 2.19. The Morgan fingerprint density at radius 3 is 1.50 bits per heavy atom. The summed E-state index contributed by atoms with van der Waals surface area (Å²) in [5.41, 5.74) is 0. The van der Waals surface area contributed by atoms with Gasteiger partial charge in [-0.3, -0.25) is 0 Å². The minimum absolute atomic E-state index is 0.887. The fourth-order valence-electron chi connectivity index (χ4n) is 5.11. The lowest BCUT2D eigenvalue weighted by Crippen LogP contribution is -2.66. The van der Waals surface area contributed by atoms with Crippen LogP contribution in [0.15, 0.2) is 0 Å². The minimum Gasteiger partial charge on any atom is -0.418 e. The van der Waals surface area contributed by atoms with E-state index in [2.05, 4.69) is 77.6 Å². The number of hydrogen-bond donors (Lipinski definition) is 0. The zero-order valence-electron chi connectivity index (χ0n) is 21.0. The van der Waals surface area contributed by atoms with E-state index in [1.54, 1.807) is 0 Å². The van der Waals surface area contributed by atoms with Gasteiger partial charge in [0.05, 0.1) is 0 Å². The van der Waals surface area contributed by atoms with Crippen LogP contribution < -0.4 is 0 Å². The smallest absolute Gasteiger partial charge is 0.186 e. The summed E-state index contributed by atoms with van der Waals surface area (Å²) in [6, 6.07) is 9.98. The Bertz CT molecular complexity index is 351. The van der Waals surface area contributed by atoms with E-state index in [-0.39, 0.29) is 0 Å². The van der Waals surface area contributed by atoms with Gasteiger partial charge in [-0.25, -0.2) is 0 Å². The van der Waals surface area contributed by atoms with Gasteiger partial charge in [-0.05, 0) is 93.2 Å². The van der Waals surface area contributed by atoms with Gasteiger partial charge >= 0.3 is 0 Å². The van der Waals surface area contributed by atoms with Crippen molar-refractivity contribution in [2.75, 3.05) is 24.7 Å². The molecule has 0 aromatic carbocycles. The molecule has 0 saturated carbocycles. The molecule has 0 aliphatic rings. The summed E-state index contributed by atoms with van der Waals surface area (Å²) in [5.74, 6) is 2.66. The third kappa shape index (κ3) is 8.58. The van der Waals surface area contributed by atoms with Crippen molar-refractivity contribution in [3.05, 3.63) is 0 Å². The SMILES string of the molecule is CCO[Si](C)(C)CCCSCCCN([Si](CC)(CC)CC)[Si](CC)(CC)CC. The van der Waals surface area contributed by atoms with Gasteiger partial charge in [0.15, 0.2) is 8.32 Å². The van der Waals surface area contributed by atoms with Crippen molar-refractivity contribution in [1.82, 2.24) is 4.23 Å². The molecule has 0 aromatic rings. The van der Waals surface area contributed by atoms with Crippen LogP contribution in [0.2, 0.25) is 55.4 Å². The van der Waals surface area contributed by atoms with Gasteiger partial charge in [0.1, 0.15) is 16.5 Å². The van der Waals surface area contributed by atoms with Crippen LogP contribution in [0.3, 0.4) is 0 Å². The molecule has 0 aromatic heterocycles. The molecule has 0 saturated heterocycles. The van der Waals surface area contributed by atoms with Crippen LogP contribution in [0.4, 0.5) is 0 Å². The molecule has 0 atom stereocenters. The maximum atomic E-state index is 5.97. The van der Waals surface area contributed by atoms with Crippen molar-refractivity contribution in [2.45, 2.75) is 117 Å². The van der Waals surface area contributed by atoms with E-state index in [0.29, 0.717) is 0 Å². The molecule has 170 valence electrons. The third-order valence-electron chi connectivity index (χ3n) is 7.37. The van der Waals surface area contributed by atoms with E-state index in [1.165, 1.54) is 73.2 Å². The Balaban J connectivity index is 4.75. The number of hydrogen-bond acceptors (Lipinski definition) is 3. The van der Waals surface area contributed by atoms with Crippen molar-refractivity contribution >= 4 is 36.6 Å². The van der Waals surface area contributed by atoms with Crippen LogP contribution in [-0.4, -0.2) is 53.7 Å². The molecule has 6 heteroatoms. The quantitative estimate of drug-likeness (QED) is 0.151. The Labute approximate surface area is 186 Å². The molecule has 0 heterocycles. The average molecular weight is 464 g/mol. The lowest BCUT2D eigenvalue weighted by atomic mass is 10.5. The molecule has 0 spiro atoms. The summed E-state index contributed by atoms with van der Waals surface area (Å²) in [4.78, 5) is 0. The van der Waals surface area contributed by atoms with Gasteiger partial charge in [0.25, 0.3) is 0 Å². The normalized spacial score (nSPS) is 13.5. The molecule has 0 unspecified atom stereocenters. The molecular formula is C22H53NOSSi3. The standard InChI is InChI=1S/C22H53NOSSi3/c1-10-24-26(8,9)22-18-21-25-20-17-19-23(27(11-2,12-3)13-4)28(14-5,15-6)16-7/h10-22H2,1-9H3. The molecule has 0 N–H and O–H groups in total. The van der Waals surface area contributed by atoms with E-state index in [0.717, 1.165) is 6.61 Å². The summed E-state index contributed by atoms with van der Waals surface area (Å²) < 4.78 is 9.21. The highest BCUT2D eigenvalue weighted by atomic mass is 32.2. The molecule has 0 bridgehead atoms. The highest BCUT2D eigenvalue weighted by Gasteiger charge is 2.45. The van der Waals surface area contributed by atoms with Crippen molar-refractivity contribution < 1.29 is 4.43 Å². The summed E-state index contributed by atoms with van der Waals surface area (Å²) in [6.45, 7) is 24.1. The first-order chi connectivity index (χ1) is 13.3. The van der Waals surface area contributed by atoms with Crippen LogP contribution in [-0.2, 0) is 4.43 Å². The van der Waals surface area contributed by atoms with Crippen molar-refractivity contribution in [2.24, 2.45) is 0 Å². The molecule has 0 rings (SSSR count). The second-order valence-electron chi connectivity index (χ2n) is 8.98. The fourth-order valence-corrected chi connectivity index (χ4v) is 21.6. The highest BCUT2D eigenvalue weighted by Crippen LogP contribution is 2.36. The van der Waals surface area contributed by atoms with Crippen LogP contribution >= 0.6 is 11.8 Å². The fraction of sp³-hybridized carbons (Fsp3) is 1.00. The van der Waals surface area contributed by atoms with Crippen LogP contribution in [0.5, 0.6) is 0 Å². The number of thioether (sulfide) groups is 1. The molecule has 2 nitrogen and oxygen atoms in total. The maximum Gasteiger partial charge on any atom is 0.186 e. The Kier molecular flexibility index (Phi) is 15.3. The summed E-state index contributed by atoms with van der Waals surface area (Å²) in [7, 11) is -3.94. The van der Waals surface area contributed by atoms with Gasteiger partial charge in [0.2, 0.25) is 0 Å². The molecule has 0 aliphatic carbocycles. The Morgan fingerprint density at radius 1 is 0.679 bits per heavy atom. The van der Waals surface area contributed by atoms with Gasteiger partial charge in [-0.1, -0.05) is 41.5 Å². The van der Waals surface area contributed by atoms with Gasteiger partial charge in [-0.2, -0.15) is 11.8 Å². The van der Waals surface area contributed by atoms with Crippen LogP contribution in [0.1, 0.15) is 61.3 Å². The van der Waals surface area contributed by atoms with Crippen LogP contribution in [0, 0.1) is 0 Å². The van der Waals surface area contributed by atoms with Crippen molar-refractivity contribution in [3.8, 4) is 0 Å². The topological polar surface area (TPSA) is 12.5 Å². The maximum absolute atomic E-state index is 5.97. The summed E-state index contributed by atoms with van der Waals surface area (Å²) in [5, 5.41) is 0. The summed E-state index contributed by atoms with van der Waals surface area (Å²) in [6.07, 6.45) is 2.73. The monoisotopic (exact) mass is 463 g/mol. The highest BCUT2D eigenvalue weighted by molar-refractivity contribution is 7.99. The molecule has 28 heavy (non-hydrogen) atoms. The lowest BCUT2D eigenvalue weighted by molar-refractivity contribution is 0.328. The Morgan fingerprint density at radius 2 is 1.11 bits per heavy atom. The van der Waals surface area contributed by atoms with E-state index in [4.69, 9.17) is 4.43 Å². The molecule has 0 amide bonds. The lowest BCUT2D eigenvalue weighted by Gasteiger charge is -2.52. The van der Waals surface area contributed by atoms with Crippen molar-refractivity contribution in [3.63, 3.8) is 0 Å². The predicted molar refractivity (Wildman–Crippen MR) is 142 cm³/mol. The average Bonchev–Trinajstić information content (AvgIpc) is 2.69. The Hall–Kier alpha value is 0.921. The zero-order chi connectivity index (χ0) is 21.7. The first kappa shape index (κ1) is 28.9. The minimum atomic E-state index is -1.38. The first-order valence-corrected chi connectivity index (χ1v) is 21.7. The second kappa shape index (κ2) is 14.8. The van der Waals surface area contributed by atoms with Crippen molar-refractivity contribution in [1.29, 1.82) is 0 Å². The van der Waals surface area contributed by atoms with E-state index in [9.17, 15) is 0 Å². The van der Waals surface area contributed by atoms with E-state index in [1.807, 2.05) is 0 Å². The predicted octanol–water partition coefficient (Wildman–Crippen LogP) is 8.05. The van der Waals surface area contributed by atoms with Gasteiger partial charge in [-0.15, -0.1) is 0 Å². The molecule has 0 fully saturated rings. The second-order valence-corrected chi connectivity index (χ2v) is 25.2. The molecule has 0 aliphatic heterocycles. The third-order valence-corrected chi connectivity index (χ3v) is 24.6.